The molecule has 0 atom stereocenters. The first kappa shape index (κ1) is 15.4. The molecule has 5 heteroatoms. The Morgan fingerprint density at radius 1 is 1.10 bits per heavy atom. The van der Waals surface area contributed by atoms with Crippen LogP contribution in [0.2, 0.25) is 0 Å². The van der Waals surface area contributed by atoms with Crippen LogP contribution < -0.4 is 10.2 Å². The zero-order valence-corrected chi connectivity index (χ0v) is 12.6. The second-order valence-electron chi connectivity index (χ2n) is 4.17. The predicted octanol–water partition coefficient (Wildman–Crippen LogP) is 3.15. The van der Waals surface area contributed by atoms with Crippen molar-refractivity contribution in [1.82, 2.24) is 5.48 Å². The summed E-state index contributed by atoms with van der Waals surface area (Å²) in [6, 6.07) is 16.7. The van der Waals surface area contributed by atoms with E-state index in [0.717, 1.165) is 16.4 Å². The Kier molecular flexibility index (Phi) is 6.12. The molecular formula is C16H17NO3S. The lowest BCUT2D eigenvalue weighted by atomic mass is 10.2. The van der Waals surface area contributed by atoms with E-state index in [1.807, 2.05) is 30.3 Å². The maximum atomic E-state index is 11.6. The summed E-state index contributed by atoms with van der Waals surface area (Å²) in [5.41, 5.74) is 3.22. The molecule has 0 unspecified atom stereocenters. The van der Waals surface area contributed by atoms with Gasteiger partial charge in [-0.2, -0.15) is 5.48 Å². The smallest absolute Gasteiger partial charge is 0.356 e. The third kappa shape index (κ3) is 5.13. The van der Waals surface area contributed by atoms with Gasteiger partial charge in [-0.3, -0.25) is 0 Å². The molecule has 2 aromatic rings. The molecule has 0 bridgehead atoms. The molecule has 21 heavy (non-hydrogen) atoms. The van der Waals surface area contributed by atoms with Crippen LogP contribution in [0, 0.1) is 0 Å². The number of carbonyl (C=O) groups excluding carboxylic acids is 1. The predicted molar refractivity (Wildman–Crippen MR) is 83.6 cm³/mol. The lowest BCUT2D eigenvalue weighted by Crippen LogP contribution is -2.22. The van der Waals surface area contributed by atoms with E-state index in [9.17, 15) is 4.79 Å². The van der Waals surface area contributed by atoms with E-state index in [2.05, 4.69) is 5.48 Å². The topological polar surface area (TPSA) is 47.6 Å². The van der Waals surface area contributed by atoms with Crippen LogP contribution in [0.1, 0.15) is 10.4 Å². The highest BCUT2D eigenvalue weighted by Crippen LogP contribution is 2.20. The first-order valence-corrected chi connectivity index (χ1v) is 7.54. The lowest BCUT2D eigenvalue weighted by molar-refractivity contribution is 0.0268. The molecule has 0 heterocycles. The molecule has 110 valence electrons. The van der Waals surface area contributed by atoms with Crippen molar-refractivity contribution in [2.75, 3.05) is 19.4 Å². The number of ether oxygens (including phenoxy) is 1. The number of hydrogen-bond donors (Lipinski definition) is 1. The van der Waals surface area contributed by atoms with Crippen LogP contribution in [0.3, 0.4) is 0 Å². The van der Waals surface area contributed by atoms with E-state index in [1.165, 1.54) is 0 Å². The molecule has 1 N–H and O–H groups in total. The van der Waals surface area contributed by atoms with Crippen molar-refractivity contribution in [3.8, 4) is 5.75 Å². The molecule has 0 aromatic heterocycles. The van der Waals surface area contributed by atoms with Gasteiger partial charge in [0, 0.05) is 17.2 Å². The molecule has 0 saturated carbocycles. The quantitative estimate of drug-likeness (QED) is 0.484. The Morgan fingerprint density at radius 2 is 1.81 bits per heavy atom. The number of hydroxylamine groups is 1. The van der Waals surface area contributed by atoms with Gasteiger partial charge in [-0.1, -0.05) is 18.2 Å². The second-order valence-corrected chi connectivity index (χ2v) is 5.34. The van der Waals surface area contributed by atoms with Crippen molar-refractivity contribution in [2.45, 2.75) is 4.90 Å². The number of methoxy groups -OCH3 is 1. The number of carbonyl (C=O) groups is 1. The normalized spacial score (nSPS) is 10.1. The van der Waals surface area contributed by atoms with E-state index >= 15 is 0 Å². The summed E-state index contributed by atoms with van der Waals surface area (Å²) in [6.07, 6.45) is 0. The van der Waals surface area contributed by atoms with Gasteiger partial charge in [0.2, 0.25) is 0 Å². The average Bonchev–Trinajstić information content (AvgIpc) is 2.55. The molecule has 0 aliphatic carbocycles. The van der Waals surface area contributed by atoms with Gasteiger partial charge in [-0.15, -0.1) is 11.8 Å². The van der Waals surface area contributed by atoms with Gasteiger partial charge in [-0.05, 0) is 36.4 Å². The fraction of sp³-hybridized carbons (Fsp3) is 0.188. The van der Waals surface area contributed by atoms with Crippen LogP contribution in [0.15, 0.2) is 59.5 Å². The largest absolute Gasteiger partial charge is 0.497 e. The van der Waals surface area contributed by atoms with Gasteiger partial charge in [-0.25, -0.2) is 4.79 Å². The molecule has 0 aliphatic heterocycles. The molecule has 4 nitrogen and oxygen atoms in total. The van der Waals surface area contributed by atoms with Gasteiger partial charge >= 0.3 is 5.97 Å². The minimum atomic E-state index is -0.370. The van der Waals surface area contributed by atoms with Crippen LogP contribution in [0.25, 0.3) is 0 Å². The zero-order chi connectivity index (χ0) is 14.9. The minimum Gasteiger partial charge on any atom is -0.497 e. The minimum absolute atomic E-state index is 0.370. The molecule has 0 saturated heterocycles. The summed E-state index contributed by atoms with van der Waals surface area (Å²) in [5, 5.41) is 0. The van der Waals surface area contributed by atoms with E-state index in [-0.39, 0.29) is 5.97 Å². The molecular weight excluding hydrogens is 286 g/mol. The number of rotatable bonds is 7. The summed E-state index contributed by atoms with van der Waals surface area (Å²) in [6.45, 7) is 0.579. The van der Waals surface area contributed by atoms with Crippen molar-refractivity contribution in [3.05, 3.63) is 60.2 Å². The zero-order valence-electron chi connectivity index (χ0n) is 11.7. The number of hydrogen-bond acceptors (Lipinski definition) is 5. The van der Waals surface area contributed by atoms with Crippen molar-refractivity contribution >= 4 is 17.7 Å². The Hall–Kier alpha value is -1.98. The van der Waals surface area contributed by atoms with Gasteiger partial charge in [0.15, 0.2) is 0 Å². The summed E-state index contributed by atoms with van der Waals surface area (Å²) in [5.74, 6) is 1.27. The van der Waals surface area contributed by atoms with Crippen LogP contribution in [-0.4, -0.2) is 25.4 Å². The highest BCUT2D eigenvalue weighted by Gasteiger charge is 2.05. The van der Waals surface area contributed by atoms with E-state index in [1.54, 1.807) is 43.1 Å². The summed E-state index contributed by atoms with van der Waals surface area (Å²) < 4.78 is 5.10. The number of nitrogens with one attached hydrogen (secondary N) is 1. The van der Waals surface area contributed by atoms with E-state index in [0.29, 0.717) is 12.1 Å². The van der Waals surface area contributed by atoms with Gasteiger partial charge < -0.3 is 9.57 Å². The summed E-state index contributed by atoms with van der Waals surface area (Å²) in [7, 11) is 1.65. The maximum absolute atomic E-state index is 11.6. The molecule has 2 rings (SSSR count). The molecule has 0 fully saturated rings. The first-order chi connectivity index (χ1) is 10.3. The van der Waals surface area contributed by atoms with Gasteiger partial charge in [0.1, 0.15) is 5.75 Å². The standard InChI is InChI=1S/C16H17NO3S/c1-19-14-7-9-15(10-8-14)21-12-11-17-20-16(18)13-5-3-2-4-6-13/h2-10,17H,11-12H2,1H3. The molecule has 0 amide bonds. The molecule has 0 aliphatic rings. The SMILES string of the molecule is COc1ccc(SCCNOC(=O)c2ccccc2)cc1. The van der Waals surface area contributed by atoms with Crippen LogP contribution >= 0.6 is 11.8 Å². The van der Waals surface area contributed by atoms with Crippen molar-refractivity contribution < 1.29 is 14.4 Å². The third-order valence-corrected chi connectivity index (χ3v) is 3.72. The average molecular weight is 303 g/mol. The van der Waals surface area contributed by atoms with Crippen LogP contribution in [0.4, 0.5) is 0 Å². The molecule has 2 aromatic carbocycles. The summed E-state index contributed by atoms with van der Waals surface area (Å²) in [4.78, 5) is 17.8. The van der Waals surface area contributed by atoms with E-state index < -0.39 is 0 Å². The first-order valence-electron chi connectivity index (χ1n) is 6.55. The van der Waals surface area contributed by atoms with E-state index in [4.69, 9.17) is 9.57 Å². The molecule has 0 radical (unpaired) electrons. The molecule has 0 spiro atoms. The second kappa shape index (κ2) is 8.34. The highest BCUT2D eigenvalue weighted by molar-refractivity contribution is 7.99. The third-order valence-electron chi connectivity index (χ3n) is 2.71. The Labute approximate surface area is 128 Å². The number of benzene rings is 2. The van der Waals surface area contributed by atoms with Crippen LogP contribution in [0.5, 0.6) is 5.75 Å². The van der Waals surface area contributed by atoms with Gasteiger partial charge in [0.25, 0.3) is 0 Å². The fourth-order valence-electron chi connectivity index (χ4n) is 1.63. The maximum Gasteiger partial charge on any atom is 0.356 e. The van der Waals surface area contributed by atoms with Crippen molar-refractivity contribution in [2.24, 2.45) is 0 Å². The van der Waals surface area contributed by atoms with Crippen LogP contribution in [-0.2, 0) is 4.84 Å². The van der Waals surface area contributed by atoms with Gasteiger partial charge in [0.05, 0.1) is 12.7 Å². The summed E-state index contributed by atoms with van der Waals surface area (Å²) >= 11 is 1.68. The Bertz CT molecular complexity index is 557. The monoisotopic (exact) mass is 303 g/mol. The van der Waals surface area contributed by atoms with Crippen molar-refractivity contribution in [3.63, 3.8) is 0 Å². The van der Waals surface area contributed by atoms with Crippen molar-refractivity contribution in [1.29, 1.82) is 0 Å². The Balaban J connectivity index is 1.64. The fourth-order valence-corrected chi connectivity index (χ4v) is 2.38. The number of thioether (sulfide) groups is 1. The Morgan fingerprint density at radius 3 is 2.48 bits per heavy atom. The lowest BCUT2D eigenvalue weighted by Gasteiger charge is -2.06. The highest BCUT2D eigenvalue weighted by atomic mass is 32.2.